The average Bonchev–Trinajstić information content (AvgIpc) is 3.24. The van der Waals surface area contributed by atoms with E-state index in [4.69, 9.17) is 4.74 Å². The molecule has 1 saturated carbocycles. The minimum Gasteiger partial charge on any atom is -0.364 e. The number of nitrogens with one attached hydrogen (secondary N) is 1. The van der Waals surface area contributed by atoms with Crippen molar-refractivity contribution in [2.24, 2.45) is 5.92 Å². The van der Waals surface area contributed by atoms with Crippen LogP contribution < -0.4 is 5.32 Å². The molecule has 3 aliphatic rings. The summed E-state index contributed by atoms with van der Waals surface area (Å²) >= 11 is 0. The van der Waals surface area contributed by atoms with Crippen molar-refractivity contribution < 1.29 is 9.53 Å². The highest BCUT2D eigenvalue weighted by atomic mass is 16.5. The van der Waals surface area contributed by atoms with Crippen LogP contribution in [0.5, 0.6) is 0 Å². The molecule has 1 aliphatic carbocycles. The summed E-state index contributed by atoms with van der Waals surface area (Å²) in [5, 5.41) is 3.08. The molecule has 0 bridgehead atoms. The molecule has 4 rings (SSSR count). The molecule has 3 atom stereocenters. The third-order valence-electron chi connectivity index (χ3n) is 5.10. The Kier molecular flexibility index (Phi) is 3.89. The Hall–Kier alpha value is -1.39. The zero-order valence-corrected chi connectivity index (χ0v) is 12.9. The fourth-order valence-corrected chi connectivity index (χ4v) is 3.67. The minimum absolute atomic E-state index is 0.117. The molecule has 1 amide bonds. The summed E-state index contributed by atoms with van der Waals surface area (Å²) in [6.07, 6.45) is 4.33. The second kappa shape index (κ2) is 6.01. The molecule has 2 heterocycles. The van der Waals surface area contributed by atoms with Gasteiger partial charge in [0.15, 0.2) is 0 Å². The van der Waals surface area contributed by atoms with Crippen LogP contribution in [-0.4, -0.2) is 42.1 Å². The van der Waals surface area contributed by atoms with Gasteiger partial charge in [-0.15, -0.1) is 0 Å². The molecule has 2 aliphatic heterocycles. The van der Waals surface area contributed by atoms with E-state index in [1.54, 1.807) is 0 Å². The van der Waals surface area contributed by atoms with Gasteiger partial charge >= 0.3 is 0 Å². The lowest BCUT2D eigenvalue weighted by atomic mass is 9.91. The number of hydrogen-bond acceptors (Lipinski definition) is 3. The first kappa shape index (κ1) is 14.2. The summed E-state index contributed by atoms with van der Waals surface area (Å²) in [5.41, 5.74) is 1.35. The van der Waals surface area contributed by atoms with Gasteiger partial charge in [-0.3, -0.25) is 9.69 Å². The smallest absolute Gasteiger partial charge is 0.249 e. The third kappa shape index (κ3) is 3.18. The topological polar surface area (TPSA) is 41.6 Å². The maximum atomic E-state index is 12.2. The maximum absolute atomic E-state index is 12.2. The summed E-state index contributed by atoms with van der Waals surface area (Å²) < 4.78 is 6.07. The van der Waals surface area contributed by atoms with Crippen molar-refractivity contribution in [1.29, 1.82) is 0 Å². The SMILES string of the molecule is O=C(NC1CC1)[C@@H]1C[C@@H]2CCN(Cc3ccccc3)C[C@H]2O1. The molecule has 1 N–H and O–H groups in total. The van der Waals surface area contributed by atoms with Crippen molar-refractivity contribution in [2.45, 2.75) is 50.5 Å². The van der Waals surface area contributed by atoms with E-state index in [2.05, 4.69) is 40.5 Å². The lowest BCUT2D eigenvalue weighted by Crippen LogP contribution is -2.42. The largest absolute Gasteiger partial charge is 0.364 e. The van der Waals surface area contributed by atoms with E-state index in [-0.39, 0.29) is 18.1 Å². The van der Waals surface area contributed by atoms with Gasteiger partial charge in [0.2, 0.25) is 5.91 Å². The fourth-order valence-electron chi connectivity index (χ4n) is 3.67. The number of piperidine rings is 1. The molecule has 1 aromatic rings. The van der Waals surface area contributed by atoms with Crippen LogP contribution in [0.25, 0.3) is 0 Å². The number of fused-ring (bicyclic) bond motifs is 1. The Bertz CT molecular complexity index is 529. The highest BCUT2D eigenvalue weighted by Crippen LogP contribution is 2.34. The van der Waals surface area contributed by atoms with Crippen molar-refractivity contribution in [2.75, 3.05) is 13.1 Å². The predicted octanol–water partition coefficient (Wildman–Crippen LogP) is 1.94. The highest BCUT2D eigenvalue weighted by molar-refractivity contribution is 5.81. The molecular formula is C18H24N2O2. The zero-order valence-electron chi connectivity index (χ0n) is 12.9. The molecular weight excluding hydrogens is 276 g/mol. The molecule has 3 fully saturated rings. The normalized spacial score (nSPS) is 31.7. The summed E-state index contributed by atoms with van der Waals surface area (Å²) in [6.45, 7) is 3.04. The van der Waals surface area contributed by atoms with E-state index in [0.717, 1.165) is 45.3 Å². The van der Waals surface area contributed by atoms with E-state index >= 15 is 0 Å². The number of carbonyl (C=O) groups excluding carboxylic acids is 1. The Labute approximate surface area is 131 Å². The molecule has 2 saturated heterocycles. The summed E-state index contributed by atoms with van der Waals surface area (Å²) in [7, 11) is 0. The molecule has 4 heteroatoms. The van der Waals surface area contributed by atoms with Crippen LogP contribution in [0.2, 0.25) is 0 Å². The van der Waals surface area contributed by atoms with E-state index in [1.165, 1.54) is 5.56 Å². The minimum atomic E-state index is -0.215. The first-order chi connectivity index (χ1) is 10.8. The van der Waals surface area contributed by atoms with Crippen LogP contribution in [0.3, 0.4) is 0 Å². The Balaban J connectivity index is 1.32. The van der Waals surface area contributed by atoms with Gasteiger partial charge in [0.25, 0.3) is 0 Å². The van der Waals surface area contributed by atoms with Crippen molar-refractivity contribution in [3.05, 3.63) is 35.9 Å². The number of likely N-dealkylation sites (tertiary alicyclic amines) is 1. The number of amides is 1. The van der Waals surface area contributed by atoms with Gasteiger partial charge in [0.1, 0.15) is 6.10 Å². The van der Waals surface area contributed by atoms with Crippen LogP contribution >= 0.6 is 0 Å². The lowest BCUT2D eigenvalue weighted by molar-refractivity contribution is -0.133. The molecule has 1 aromatic carbocycles. The van der Waals surface area contributed by atoms with Crippen LogP contribution in [0, 0.1) is 5.92 Å². The first-order valence-electron chi connectivity index (χ1n) is 8.50. The summed E-state index contributed by atoms with van der Waals surface area (Å²) in [4.78, 5) is 14.6. The van der Waals surface area contributed by atoms with E-state index < -0.39 is 0 Å². The van der Waals surface area contributed by atoms with Crippen LogP contribution in [-0.2, 0) is 16.1 Å². The first-order valence-corrected chi connectivity index (χ1v) is 8.50. The number of ether oxygens (including phenoxy) is 1. The Morgan fingerprint density at radius 2 is 2.05 bits per heavy atom. The van der Waals surface area contributed by atoms with Crippen LogP contribution in [0.4, 0.5) is 0 Å². The monoisotopic (exact) mass is 300 g/mol. The van der Waals surface area contributed by atoms with Crippen LogP contribution in [0.1, 0.15) is 31.2 Å². The van der Waals surface area contributed by atoms with Crippen molar-refractivity contribution in [3.8, 4) is 0 Å². The molecule has 0 radical (unpaired) electrons. The van der Waals surface area contributed by atoms with Gasteiger partial charge in [0, 0.05) is 19.1 Å². The number of benzene rings is 1. The van der Waals surface area contributed by atoms with E-state index in [0.29, 0.717) is 12.0 Å². The van der Waals surface area contributed by atoms with Crippen molar-refractivity contribution >= 4 is 5.91 Å². The third-order valence-corrected chi connectivity index (χ3v) is 5.10. The molecule has 118 valence electrons. The molecule has 0 spiro atoms. The summed E-state index contributed by atoms with van der Waals surface area (Å²) in [6, 6.07) is 11.0. The van der Waals surface area contributed by atoms with Gasteiger partial charge in [-0.2, -0.15) is 0 Å². The quantitative estimate of drug-likeness (QED) is 0.924. The van der Waals surface area contributed by atoms with Gasteiger partial charge in [0.05, 0.1) is 6.10 Å². The molecule has 4 nitrogen and oxygen atoms in total. The predicted molar refractivity (Wildman–Crippen MR) is 84.3 cm³/mol. The standard InChI is InChI=1S/C18H24N2O2/c21-18(19-15-6-7-15)16-10-14-8-9-20(12-17(14)22-16)11-13-4-2-1-3-5-13/h1-5,14-17H,6-12H2,(H,19,21)/t14-,16-,17+/m0/s1. The molecule has 22 heavy (non-hydrogen) atoms. The Morgan fingerprint density at radius 3 is 2.82 bits per heavy atom. The van der Waals surface area contributed by atoms with Gasteiger partial charge in [-0.1, -0.05) is 30.3 Å². The van der Waals surface area contributed by atoms with Crippen molar-refractivity contribution in [3.63, 3.8) is 0 Å². The molecule has 0 aromatic heterocycles. The fraction of sp³-hybridized carbons (Fsp3) is 0.611. The highest BCUT2D eigenvalue weighted by Gasteiger charge is 2.42. The van der Waals surface area contributed by atoms with Gasteiger partial charge < -0.3 is 10.1 Å². The molecule has 0 unspecified atom stereocenters. The van der Waals surface area contributed by atoms with Crippen LogP contribution in [0.15, 0.2) is 30.3 Å². The van der Waals surface area contributed by atoms with E-state index in [9.17, 15) is 4.79 Å². The number of carbonyl (C=O) groups is 1. The Morgan fingerprint density at radius 1 is 1.23 bits per heavy atom. The second-order valence-electron chi connectivity index (χ2n) is 6.95. The second-order valence-corrected chi connectivity index (χ2v) is 6.95. The maximum Gasteiger partial charge on any atom is 0.249 e. The van der Waals surface area contributed by atoms with E-state index in [1.807, 2.05) is 0 Å². The van der Waals surface area contributed by atoms with Crippen molar-refractivity contribution in [1.82, 2.24) is 10.2 Å². The summed E-state index contributed by atoms with van der Waals surface area (Å²) in [5.74, 6) is 0.675. The zero-order chi connectivity index (χ0) is 14.9. The number of nitrogens with zero attached hydrogens (tertiary/aromatic N) is 1. The van der Waals surface area contributed by atoms with Gasteiger partial charge in [-0.05, 0) is 43.7 Å². The number of hydrogen-bond donors (Lipinski definition) is 1. The average molecular weight is 300 g/mol. The van der Waals surface area contributed by atoms with Gasteiger partial charge in [-0.25, -0.2) is 0 Å². The number of rotatable bonds is 4. The lowest BCUT2D eigenvalue weighted by Gasteiger charge is -2.34.